The summed E-state index contributed by atoms with van der Waals surface area (Å²) >= 11 is 0. The summed E-state index contributed by atoms with van der Waals surface area (Å²) in [6.45, 7) is 1.60. The lowest BCUT2D eigenvalue weighted by Crippen LogP contribution is -1.96. The second-order valence-electron chi connectivity index (χ2n) is 1.32. The van der Waals surface area contributed by atoms with Crippen LogP contribution >= 0.6 is 8.38 Å². The van der Waals surface area contributed by atoms with Crippen LogP contribution in [0.2, 0.25) is 0 Å². The Labute approximate surface area is 48.8 Å². The first-order valence-corrected chi connectivity index (χ1v) is 5.09. The molecule has 8 heavy (non-hydrogen) atoms. The van der Waals surface area contributed by atoms with Gasteiger partial charge in [-0.2, -0.15) is 8.42 Å². The van der Waals surface area contributed by atoms with E-state index in [4.69, 9.17) is 0 Å². The molecule has 1 rings (SSSR count). The molecule has 0 radical (unpaired) electrons. The highest BCUT2D eigenvalue weighted by atomic mass is 32.2. The third-order valence-corrected chi connectivity index (χ3v) is 3.42. The molecule has 0 aliphatic carbocycles. The minimum absolute atomic E-state index is 0.283. The molecule has 1 heterocycles. The van der Waals surface area contributed by atoms with E-state index in [2.05, 4.69) is 8.49 Å². The van der Waals surface area contributed by atoms with Gasteiger partial charge in [0.15, 0.2) is 14.3 Å². The predicted octanol–water partition coefficient (Wildman–Crippen LogP) is 0.262. The van der Waals surface area contributed by atoms with Gasteiger partial charge in [-0.25, -0.2) is 3.97 Å². The molecule has 1 atom stereocenters. The SMILES string of the molecule is CP1OCS(=O)(=O)O1. The predicted molar refractivity (Wildman–Crippen MR) is 28.8 cm³/mol. The molecule has 0 N–H and O–H groups in total. The zero-order chi connectivity index (χ0) is 6.20. The van der Waals surface area contributed by atoms with Crippen LogP contribution in [0.15, 0.2) is 0 Å². The van der Waals surface area contributed by atoms with Gasteiger partial charge in [0.2, 0.25) is 0 Å². The van der Waals surface area contributed by atoms with Gasteiger partial charge in [0, 0.05) is 6.66 Å². The maximum absolute atomic E-state index is 10.3. The van der Waals surface area contributed by atoms with Gasteiger partial charge in [-0.1, -0.05) is 0 Å². The van der Waals surface area contributed by atoms with Crippen LogP contribution in [-0.4, -0.2) is 21.0 Å². The van der Waals surface area contributed by atoms with Crippen LogP contribution < -0.4 is 0 Å². The molecule has 0 amide bonds. The molecule has 0 aromatic carbocycles. The Morgan fingerprint density at radius 2 is 2.25 bits per heavy atom. The largest absolute Gasteiger partial charge is 0.315 e. The van der Waals surface area contributed by atoms with Crippen LogP contribution in [0.4, 0.5) is 0 Å². The van der Waals surface area contributed by atoms with Crippen LogP contribution in [0.3, 0.4) is 0 Å². The van der Waals surface area contributed by atoms with E-state index in [1.54, 1.807) is 6.66 Å². The quantitative estimate of drug-likeness (QED) is 0.472. The van der Waals surface area contributed by atoms with Crippen molar-refractivity contribution in [2.45, 2.75) is 0 Å². The van der Waals surface area contributed by atoms with Gasteiger partial charge in [0.1, 0.15) is 0 Å². The van der Waals surface area contributed by atoms with Crippen molar-refractivity contribution >= 4 is 18.5 Å². The molecule has 1 fully saturated rings. The molecule has 48 valence electrons. The molecule has 6 heteroatoms. The molecule has 1 saturated heterocycles. The van der Waals surface area contributed by atoms with E-state index in [0.29, 0.717) is 0 Å². The van der Waals surface area contributed by atoms with E-state index < -0.39 is 18.5 Å². The number of hydrogen-bond acceptors (Lipinski definition) is 4. The molecule has 0 spiro atoms. The Morgan fingerprint density at radius 3 is 2.38 bits per heavy atom. The highest BCUT2D eigenvalue weighted by Crippen LogP contribution is 2.41. The normalized spacial score (nSPS) is 35.4. The van der Waals surface area contributed by atoms with E-state index in [-0.39, 0.29) is 5.94 Å². The van der Waals surface area contributed by atoms with Crippen molar-refractivity contribution in [1.82, 2.24) is 0 Å². The summed E-state index contributed by atoms with van der Waals surface area (Å²) in [7, 11) is -4.43. The number of hydrogen-bond donors (Lipinski definition) is 0. The van der Waals surface area contributed by atoms with Crippen LogP contribution in [0, 0.1) is 0 Å². The molecule has 4 nitrogen and oxygen atoms in total. The van der Waals surface area contributed by atoms with Crippen LogP contribution in [0.25, 0.3) is 0 Å². The fourth-order valence-electron chi connectivity index (χ4n) is 0.342. The van der Waals surface area contributed by atoms with E-state index in [9.17, 15) is 8.42 Å². The van der Waals surface area contributed by atoms with E-state index in [1.807, 2.05) is 0 Å². The topological polar surface area (TPSA) is 52.6 Å². The van der Waals surface area contributed by atoms with Gasteiger partial charge >= 0.3 is 0 Å². The molecule has 1 aliphatic heterocycles. The first kappa shape index (κ1) is 6.42. The van der Waals surface area contributed by atoms with Gasteiger partial charge in [-0.05, 0) is 0 Å². The minimum Gasteiger partial charge on any atom is -0.315 e. The summed E-state index contributed by atoms with van der Waals surface area (Å²) in [5, 5.41) is 0. The second-order valence-corrected chi connectivity index (χ2v) is 4.40. The van der Waals surface area contributed by atoms with Crippen molar-refractivity contribution in [3.63, 3.8) is 0 Å². The molecule has 0 aromatic heterocycles. The molecular weight excluding hydrogens is 151 g/mol. The summed E-state index contributed by atoms with van der Waals surface area (Å²) in [5.74, 6) is -0.283. The number of rotatable bonds is 0. The second kappa shape index (κ2) is 1.92. The monoisotopic (exact) mass is 156 g/mol. The molecule has 0 saturated carbocycles. The zero-order valence-electron chi connectivity index (χ0n) is 4.20. The average molecular weight is 156 g/mol. The van der Waals surface area contributed by atoms with Crippen molar-refractivity contribution in [3.8, 4) is 0 Å². The zero-order valence-corrected chi connectivity index (χ0v) is 5.91. The van der Waals surface area contributed by atoms with Crippen molar-refractivity contribution in [2.24, 2.45) is 0 Å². The van der Waals surface area contributed by atoms with Crippen LogP contribution in [0.1, 0.15) is 0 Å². The summed E-state index contributed by atoms with van der Waals surface area (Å²) < 4.78 is 29.6. The molecular formula is C2H5O4PS. The lowest BCUT2D eigenvalue weighted by atomic mass is 11.7. The standard InChI is InChI=1S/C2H5O4PS/c1-7-5-2-8(3,4)6-7/h2H2,1H3. The molecule has 0 bridgehead atoms. The smallest absolute Gasteiger partial charge is 0.297 e. The summed E-state index contributed by atoms with van der Waals surface area (Å²) in [5.41, 5.74) is 0. The highest BCUT2D eigenvalue weighted by Gasteiger charge is 2.26. The summed E-state index contributed by atoms with van der Waals surface area (Å²) in [6.07, 6.45) is 0. The van der Waals surface area contributed by atoms with Crippen molar-refractivity contribution in [3.05, 3.63) is 0 Å². The van der Waals surface area contributed by atoms with Crippen molar-refractivity contribution < 1.29 is 16.9 Å². The average Bonchev–Trinajstić information content (AvgIpc) is 1.82. The fourth-order valence-corrected chi connectivity index (χ4v) is 3.08. The Kier molecular flexibility index (Phi) is 1.54. The van der Waals surface area contributed by atoms with Gasteiger partial charge in [0.05, 0.1) is 0 Å². The van der Waals surface area contributed by atoms with Gasteiger partial charge in [0.25, 0.3) is 10.1 Å². The summed E-state index contributed by atoms with van der Waals surface area (Å²) in [6, 6.07) is 0. The van der Waals surface area contributed by atoms with Crippen molar-refractivity contribution in [1.29, 1.82) is 0 Å². The Morgan fingerprint density at radius 1 is 1.62 bits per heavy atom. The maximum atomic E-state index is 10.3. The van der Waals surface area contributed by atoms with Crippen LogP contribution in [0.5, 0.6) is 0 Å². The van der Waals surface area contributed by atoms with Gasteiger partial charge < -0.3 is 4.52 Å². The molecule has 1 unspecified atom stereocenters. The molecule has 0 aromatic rings. The van der Waals surface area contributed by atoms with Crippen LogP contribution in [-0.2, 0) is 18.6 Å². The lowest BCUT2D eigenvalue weighted by Gasteiger charge is -1.90. The highest BCUT2D eigenvalue weighted by molar-refractivity contribution is 7.91. The third-order valence-electron chi connectivity index (χ3n) is 0.597. The maximum Gasteiger partial charge on any atom is 0.297 e. The van der Waals surface area contributed by atoms with E-state index >= 15 is 0 Å². The van der Waals surface area contributed by atoms with Gasteiger partial charge in [-0.15, -0.1) is 0 Å². The Hall–Kier alpha value is 0.300. The Balaban J connectivity index is 2.71. The van der Waals surface area contributed by atoms with Crippen molar-refractivity contribution in [2.75, 3.05) is 12.6 Å². The summed E-state index contributed by atoms with van der Waals surface area (Å²) in [4.78, 5) is 0. The Bertz CT molecular complexity index is 172. The minimum atomic E-state index is -3.29. The fraction of sp³-hybridized carbons (Fsp3) is 1.00. The lowest BCUT2D eigenvalue weighted by molar-refractivity contribution is 0.429. The first-order chi connectivity index (χ1) is 3.60. The van der Waals surface area contributed by atoms with E-state index in [0.717, 1.165) is 0 Å². The third kappa shape index (κ3) is 1.39. The molecule has 1 aliphatic rings. The van der Waals surface area contributed by atoms with E-state index in [1.165, 1.54) is 0 Å². The van der Waals surface area contributed by atoms with Gasteiger partial charge in [-0.3, -0.25) is 0 Å². The first-order valence-electron chi connectivity index (χ1n) is 1.89.